The maximum absolute atomic E-state index is 14.1. The van der Waals surface area contributed by atoms with Crippen molar-refractivity contribution in [3.8, 4) is 5.69 Å². The zero-order valence-electron chi connectivity index (χ0n) is 26.7. The van der Waals surface area contributed by atoms with Gasteiger partial charge >= 0.3 is 12.1 Å². The van der Waals surface area contributed by atoms with Crippen LogP contribution in [-0.4, -0.2) is 83.4 Å². The number of nitrogens with zero attached hydrogens (tertiary/aromatic N) is 4. The Morgan fingerprint density at radius 2 is 1.87 bits per heavy atom. The zero-order chi connectivity index (χ0) is 33.0. The number of carbonyl (C=O) groups is 2. The number of ether oxygens (including phenoxy) is 2. The number of hydrogen-bond donors (Lipinski definition) is 2. The number of carbonyl (C=O) groups excluding carboxylic acids is 2. The lowest BCUT2D eigenvalue weighted by atomic mass is 10.0. The van der Waals surface area contributed by atoms with Gasteiger partial charge < -0.3 is 19.7 Å². The fraction of sp³-hybridized carbons (Fsp3) is 0.424. The predicted octanol–water partition coefficient (Wildman–Crippen LogP) is 5.61. The normalized spacial score (nSPS) is 18.8. The highest BCUT2D eigenvalue weighted by molar-refractivity contribution is 5.91. The molecule has 0 spiro atoms. The lowest BCUT2D eigenvalue weighted by Gasteiger charge is -2.29. The number of halogens is 2. The van der Waals surface area contributed by atoms with E-state index in [4.69, 9.17) is 19.4 Å². The fourth-order valence-electron chi connectivity index (χ4n) is 5.43. The van der Waals surface area contributed by atoms with E-state index in [0.29, 0.717) is 56.3 Å². The molecule has 3 amide bonds. The van der Waals surface area contributed by atoms with Crippen LogP contribution in [0.2, 0.25) is 0 Å². The second kappa shape index (κ2) is 14.0. The summed E-state index contributed by atoms with van der Waals surface area (Å²) in [5.41, 5.74) is 2.95. The molecular weight excluding hydrogens is 598 g/mol. The molecule has 5 rings (SSSR count). The van der Waals surface area contributed by atoms with Gasteiger partial charge in [0, 0.05) is 38.9 Å². The summed E-state index contributed by atoms with van der Waals surface area (Å²) in [6.07, 6.45) is 1.39. The van der Waals surface area contributed by atoms with Gasteiger partial charge in [0.25, 0.3) is 0 Å². The largest absolute Gasteiger partial charge is 0.444 e. The summed E-state index contributed by atoms with van der Waals surface area (Å²) in [7, 11) is 1.57. The van der Waals surface area contributed by atoms with Crippen LogP contribution >= 0.6 is 0 Å². The van der Waals surface area contributed by atoms with Gasteiger partial charge in [-0.1, -0.05) is 30.3 Å². The minimum atomic E-state index is -0.999. The highest BCUT2D eigenvalue weighted by atomic mass is 19.2. The number of benzene rings is 2. The van der Waals surface area contributed by atoms with Crippen molar-refractivity contribution in [3.63, 3.8) is 0 Å². The van der Waals surface area contributed by atoms with Crippen molar-refractivity contribution in [1.82, 2.24) is 25.1 Å². The second-order valence-electron chi connectivity index (χ2n) is 12.3. The quantitative estimate of drug-likeness (QED) is 0.330. The average Bonchev–Trinajstić information content (AvgIpc) is 3.57. The summed E-state index contributed by atoms with van der Waals surface area (Å²) in [4.78, 5) is 33.8. The van der Waals surface area contributed by atoms with Crippen LogP contribution in [0.15, 0.2) is 54.6 Å². The first-order chi connectivity index (χ1) is 21.9. The molecule has 0 unspecified atom stereocenters. The van der Waals surface area contributed by atoms with E-state index in [9.17, 15) is 18.4 Å². The van der Waals surface area contributed by atoms with E-state index in [2.05, 4.69) is 10.6 Å². The van der Waals surface area contributed by atoms with Crippen LogP contribution in [0.25, 0.3) is 11.3 Å². The number of rotatable bonds is 8. The Morgan fingerprint density at radius 1 is 1.11 bits per heavy atom. The van der Waals surface area contributed by atoms with E-state index in [1.807, 2.05) is 64.1 Å². The van der Waals surface area contributed by atoms with Gasteiger partial charge in [-0.15, -0.1) is 0 Å². The summed E-state index contributed by atoms with van der Waals surface area (Å²) < 4.78 is 40.2. The minimum Gasteiger partial charge on any atom is -0.444 e. The van der Waals surface area contributed by atoms with Crippen LogP contribution in [0.1, 0.15) is 50.1 Å². The molecule has 2 aromatic carbocycles. The van der Waals surface area contributed by atoms with Crippen LogP contribution in [0.3, 0.4) is 0 Å². The van der Waals surface area contributed by atoms with E-state index in [1.165, 1.54) is 6.07 Å². The van der Waals surface area contributed by atoms with Crippen molar-refractivity contribution in [2.45, 2.75) is 51.9 Å². The summed E-state index contributed by atoms with van der Waals surface area (Å²) in [5, 5.41) is 12.5. The number of para-hydroxylation sites is 1. The number of amides is 3. The Hall–Kier alpha value is -4.33. The monoisotopic (exact) mass is 638 g/mol. The molecule has 2 aliphatic rings. The van der Waals surface area contributed by atoms with Crippen molar-refractivity contribution in [2.24, 2.45) is 0 Å². The molecule has 1 aromatic heterocycles. The third kappa shape index (κ3) is 7.72. The van der Waals surface area contributed by atoms with Crippen molar-refractivity contribution in [3.05, 3.63) is 83.1 Å². The molecule has 3 heterocycles. The molecule has 0 radical (unpaired) electrons. The zero-order valence-corrected chi connectivity index (χ0v) is 26.7. The van der Waals surface area contributed by atoms with Gasteiger partial charge in [-0.2, -0.15) is 10.2 Å². The molecule has 46 heavy (non-hydrogen) atoms. The number of aromatic nitrogens is 2. The van der Waals surface area contributed by atoms with E-state index < -0.39 is 35.4 Å². The molecule has 13 heteroatoms. The Balaban J connectivity index is 1.38. The molecular formula is C33H40F2N6O5. The van der Waals surface area contributed by atoms with Crippen LogP contribution in [0, 0.1) is 18.6 Å². The Labute approximate surface area is 267 Å². The Bertz CT molecular complexity index is 1590. The van der Waals surface area contributed by atoms with Gasteiger partial charge in [0.05, 0.1) is 24.0 Å². The predicted molar refractivity (Wildman–Crippen MR) is 168 cm³/mol. The van der Waals surface area contributed by atoms with Crippen molar-refractivity contribution >= 4 is 23.5 Å². The number of nitrogens with one attached hydrogen (secondary N) is 2. The first kappa shape index (κ1) is 33.0. The number of hydroxylamine groups is 2. The highest BCUT2D eigenvalue weighted by Crippen LogP contribution is 2.33. The summed E-state index contributed by atoms with van der Waals surface area (Å²) in [6.45, 7) is 9.32. The second-order valence-corrected chi connectivity index (χ2v) is 12.3. The molecule has 1 fully saturated rings. The van der Waals surface area contributed by atoms with Gasteiger partial charge in [-0.05, 0) is 69.5 Å². The molecule has 11 nitrogen and oxygen atoms in total. The van der Waals surface area contributed by atoms with Crippen LogP contribution in [-0.2, 0) is 14.3 Å². The Morgan fingerprint density at radius 3 is 2.52 bits per heavy atom. The lowest BCUT2D eigenvalue weighted by molar-refractivity contribution is -0.154. The third-order valence-electron chi connectivity index (χ3n) is 7.68. The SMILES string of the molecule is COCCN1C[C@@H](NC(=O)Nc2c(C)c(C3=CCN(C(=O)OC(C)(C)C)CC3)nn2-c2ccccc2)[C@H](c2ccc(F)c(F)c2)O1. The van der Waals surface area contributed by atoms with Gasteiger partial charge in [0.2, 0.25) is 0 Å². The van der Waals surface area contributed by atoms with Crippen LogP contribution < -0.4 is 10.6 Å². The highest BCUT2D eigenvalue weighted by Gasteiger charge is 2.37. The topological polar surface area (TPSA) is 110 Å². The number of anilines is 1. The number of methoxy groups -OCH3 is 1. The molecule has 2 atom stereocenters. The van der Waals surface area contributed by atoms with Gasteiger partial charge in [-0.25, -0.2) is 23.1 Å². The Kier molecular flexibility index (Phi) is 10.0. The molecule has 2 aliphatic heterocycles. The summed E-state index contributed by atoms with van der Waals surface area (Å²) in [5.74, 6) is -1.50. The number of hydrogen-bond acceptors (Lipinski definition) is 7. The van der Waals surface area contributed by atoms with Gasteiger partial charge in [0.15, 0.2) is 11.6 Å². The molecule has 3 aromatic rings. The fourth-order valence-corrected chi connectivity index (χ4v) is 5.43. The lowest BCUT2D eigenvalue weighted by Crippen LogP contribution is -2.42. The molecule has 1 saturated heterocycles. The van der Waals surface area contributed by atoms with E-state index in [-0.39, 0.29) is 6.09 Å². The maximum Gasteiger partial charge on any atom is 0.410 e. The van der Waals surface area contributed by atoms with Crippen LogP contribution in [0.5, 0.6) is 0 Å². The first-order valence-corrected chi connectivity index (χ1v) is 15.2. The van der Waals surface area contributed by atoms with E-state index in [0.717, 1.165) is 29.0 Å². The van der Waals surface area contributed by atoms with Gasteiger partial charge in [-0.3, -0.25) is 10.2 Å². The summed E-state index contributed by atoms with van der Waals surface area (Å²) >= 11 is 0. The smallest absolute Gasteiger partial charge is 0.410 e. The van der Waals surface area contributed by atoms with Crippen molar-refractivity contribution in [1.29, 1.82) is 0 Å². The molecule has 2 N–H and O–H groups in total. The minimum absolute atomic E-state index is 0.295. The molecule has 0 bridgehead atoms. The number of urea groups is 1. The standard InChI is InChI=1S/C33H40F2N6O5/c1-21-28(22-13-15-39(16-14-22)32(43)45-33(2,3)4)38-41(24-9-7-6-8-10-24)30(21)37-31(42)36-27-20-40(17-18-44-5)46-29(27)23-11-12-25(34)26(35)19-23/h6-13,19,27,29H,14-18,20H2,1-5H3,(H2,36,37,42)/t27-,29+/m1/s1. The summed E-state index contributed by atoms with van der Waals surface area (Å²) in [6, 6.07) is 11.9. The molecule has 0 saturated carbocycles. The van der Waals surface area contributed by atoms with Crippen molar-refractivity contribution in [2.75, 3.05) is 45.2 Å². The van der Waals surface area contributed by atoms with E-state index in [1.54, 1.807) is 21.8 Å². The van der Waals surface area contributed by atoms with E-state index >= 15 is 0 Å². The first-order valence-electron chi connectivity index (χ1n) is 15.2. The van der Waals surface area contributed by atoms with Crippen molar-refractivity contribution < 1.29 is 32.7 Å². The third-order valence-corrected chi connectivity index (χ3v) is 7.68. The van der Waals surface area contributed by atoms with Gasteiger partial charge in [0.1, 0.15) is 17.5 Å². The molecule has 0 aliphatic carbocycles. The molecule has 246 valence electrons. The maximum atomic E-state index is 14.1. The average molecular weight is 639 g/mol. The van der Waals surface area contributed by atoms with Crippen LogP contribution in [0.4, 0.5) is 24.2 Å².